The molecule has 88 valence electrons. The van der Waals surface area contributed by atoms with Gasteiger partial charge in [-0.3, -0.25) is 0 Å². The first-order chi connectivity index (χ1) is 8.48. The molecule has 3 rings (SSSR count). The van der Waals surface area contributed by atoms with Crippen LogP contribution in [-0.4, -0.2) is 13.6 Å². The van der Waals surface area contributed by atoms with Crippen molar-refractivity contribution in [3.63, 3.8) is 0 Å². The third-order valence-electron chi connectivity index (χ3n) is 3.53. The Morgan fingerprint density at radius 3 is 2.53 bits per heavy atom. The lowest BCUT2D eigenvalue weighted by molar-refractivity contribution is 0.573. The molecule has 1 aromatic carbocycles. The van der Waals surface area contributed by atoms with E-state index in [4.69, 9.17) is 1.37 Å². The predicted molar refractivity (Wildman–Crippen MR) is 67.3 cm³/mol. The highest BCUT2D eigenvalue weighted by Crippen LogP contribution is 2.47. The molecule has 17 heavy (non-hydrogen) atoms. The number of allylic oxidation sites excluding steroid dienone is 2. The van der Waals surface area contributed by atoms with E-state index in [0.717, 1.165) is 0 Å². The Morgan fingerprint density at radius 2 is 1.94 bits per heavy atom. The van der Waals surface area contributed by atoms with Crippen molar-refractivity contribution in [2.24, 2.45) is 11.8 Å². The fourth-order valence-electron chi connectivity index (χ4n) is 2.67. The maximum atomic E-state index is 12.7. The van der Waals surface area contributed by atoms with Crippen molar-refractivity contribution < 1.29 is 9.79 Å². The van der Waals surface area contributed by atoms with Crippen molar-refractivity contribution >= 4 is 9.84 Å². The molecule has 0 amide bonds. The zero-order chi connectivity index (χ0) is 13.0. The van der Waals surface area contributed by atoms with Crippen LogP contribution >= 0.6 is 0 Å². The first-order valence-electron chi connectivity index (χ1n) is 6.15. The topological polar surface area (TPSA) is 34.1 Å². The third-order valence-corrected chi connectivity index (χ3v) is 5.56. The summed E-state index contributed by atoms with van der Waals surface area (Å²) in [5, 5.41) is -1.59. The van der Waals surface area contributed by atoms with Gasteiger partial charge in [0, 0.05) is 0 Å². The standard InChI is InChI=1S/C14H14O2S/c1-10-11-7-8-12(9-11)14(10)17(15,16)13-5-3-2-4-6-13/h2-8,11-12,14H,1,9H2/t11-,12+,14-/m1/s1/i14D. The number of benzene rings is 1. The van der Waals surface area contributed by atoms with Crippen LogP contribution in [0.15, 0.2) is 59.5 Å². The summed E-state index contributed by atoms with van der Waals surface area (Å²) < 4.78 is 33.8. The maximum Gasteiger partial charge on any atom is 0.185 e. The van der Waals surface area contributed by atoms with Crippen molar-refractivity contribution in [3.05, 3.63) is 54.6 Å². The quantitative estimate of drug-likeness (QED) is 0.753. The van der Waals surface area contributed by atoms with Crippen LogP contribution in [0.25, 0.3) is 0 Å². The Labute approximate surface area is 103 Å². The molecular weight excluding hydrogens is 232 g/mol. The smallest absolute Gasteiger partial charge is 0.185 e. The monoisotopic (exact) mass is 247 g/mol. The summed E-state index contributed by atoms with van der Waals surface area (Å²) in [7, 11) is -3.70. The molecule has 1 saturated carbocycles. The van der Waals surface area contributed by atoms with E-state index >= 15 is 0 Å². The van der Waals surface area contributed by atoms with Gasteiger partial charge in [-0.05, 0) is 30.4 Å². The van der Waals surface area contributed by atoms with Crippen molar-refractivity contribution in [2.75, 3.05) is 0 Å². The highest BCUT2D eigenvalue weighted by Gasteiger charge is 2.46. The van der Waals surface area contributed by atoms with Gasteiger partial charge in [0.1, 0.15) is 0 Å². The molecule has 0 heterocycles. The molecule has 2 nitrogen and oxygen atoms in total. The van der Waals surface area contributed by atoms with E-state index in [9.17, 15) is 8.42 Å². The predicted octanol–water partition coefficient (Wildman–Crippen LogP) is 2.59. The second kappa shape index (κ2) is 3.57. The average molecular weight is 247 g/mol. The summed E-state index contributed by atoms with van der Waals surface area (Å²) in [6.45, 7) is 3.86. The normalized spacial score (nSPS) is 36.2. The molecule has 3 heteroatoms. The largest absolute Gasteiger partial charge is 0.223 e. The fourth-order valence-corrected chi connectivity index (χ4v) is 4.51. The molecule has 0 unspecified atom stereocenters. The average Bonchev–Trinajstić information content (AvgIpc) is 2.94. The number of hydrogen-bond donors (Lipinski definition) is 0. The van der Waals surface area contributed by atoms with E-state index in [2.05, 4.69) is 6.58 Å². The highest BCUT2D eigenvalue weighted by atomic mass is 32.2. The second-order valence-corrected chi connectivity index (χ2v) is 6.46. The zero-order valence-corrected chi connectivity index (χ0v) is 10.2. The van der Waals surface area contributed by atoms with Gasteiger partial charge in [-0.1, -0.05) is 42.5 Å². The van der Waals surface area contributed by atoms with E-state index in [1.165, 1.54) is 0 Å². The lowest BCUT2D eigenvalue weighted by Gasteiger charge is -2.20. The summed E-state index contributed by atoms with van der Waals surface area (Å²) >= 11 is 0. The van der Waals surface area contributed by atoms with Crippen LogP contribution in [0, 0.1) is 11.8 Å². The Kier molecular flexibility index (Phi) is 2.03. The van der Waals surface area contributed by atoms with E-state index in [-0.39, 0.29) is 16.7 Å². The van der Waals surface area contributed by atoms with Gasteiger partial charge >= 0.3 is 0 Å². The number of hydrogen-bond acceptors (Lipinski definition) is 2. The summed E-state index contributed by atoms with van der Waals surface area (Å²) in [4.78, 5) is 0.210. The van der Waals surface area contributed by atoms with E-state index in [1.807, 2.05) is 12.2 Å². The third kappa shape index (κ3) is 1.49. The molecule has 2 bridgehead atoms. The Balaban J connectivity index is 2.16. The minimum Gasteiger partial charge on any atom is -0.223 e. The van der Waals surface area contributed by atoms with Crippen LogP contribution in [0.4, 0.5) is 0 Å². The molecule has 1 fully saturated rings. The fraction of sp³-hybridized carbons (Fsp3) is 0.286. The van der Waals surface area contributed by atoms with Gasteiger partial charge in [-0.2, -0.15) is 0 Å². The van der Waals surface area contributed by atoms with Crippen LogP contribution in [0.5, 0.6) is 0 Å². The lowest BCUT2D eigenvalue weighted by Crippen LogP contribution is -2.27. The SMILES string of the molecule is [2H][C@@]1(S(=O)(=O)c2ccccc2)C(=C)[C@@H]2C=C[C@H]1C2. The Bertz CT molecular complexity index is 633. The summed E-state index contributed by atoms with van der Waals surface area (Å²) in [5.41, 5.74) is 0.513. The number of fused-ring (bicyclic) bond motifs is 2. The molecule has 0 aliphatic heterocycles. The van der Waals surface area contributed by atoms with Crippen LogP contribution in [0.3, 0.4) is 0 Å². The minimum atomic E-state index is -3.70. The summed E-state index contributed by atoms with van der Waals surface area (Å²) in [6, 6.07) is 8.23. The van der Waals surface area contributed by atoms with Crippen molar-refractivity contribution in [1.29, 1.82) is 0 Å². The van der Waals surface area contributed by atoms with E-state index in [1.54, 1.807) is 30.3 Å². The Hall–Kier alpha value is -1.35. The number of rotatable bonds is 2. The molecule has 0 radical (unpaired) electrons. The summed E-state index contributed by atoms with van der Waals surface area (Å²) in [6.07, 6.45) is 4.53. The van der Waals surface area contributed by atoms with Gasteiger partial charge in [0.25, 0.3) is 0 Å². The van der Waals surface area contributed by atoms with Crippen LogP contribution in [0.2, 0.25) is 0 Å². The highest BCUT2D eigenvalue weighted by molar-refractivity contribution is 7.92. The van der Waals surface area contributed by atoms with Crippen molar-refractivity contribution in [2.45, 2.75) is 16.5 Å². The molecule has 0 N–H and O–H groups in total. The maximum absolute atomic E-state index is 12.7. The van der Waals surface area contributed by atoms with Crippen LogP contribution in [0.1, 0.15) is 7.79 Å². The van der Waals surface area contributed by atoms with E-state index in [0.29, 0.717) is 12.0 Å². The van der Waals surface area contributed by atoms with Crippen molar-refractivity contribution in [3.8, 4) is 0 Å². The van der Waals surface area contributed by atoms with Crippen LogP contribution in [-0.2, 0) is 9.84 Å². The zero-order valence-electron chi connectivity index (χ0n) is 10.3. The van der Waals surface area contributed by atoms with Gasteiger partial charge in [-0.15, -0.1) is 0 Å². The molecule has 0 saturated heterocycles. The lowest BCUT2D eigenvalue weighted by atomic mass is 10.0. The summed E-state index contributed by atoms with van der Waals surface area (Å²) in [5.74, 6) is -0.216. The molecule has 3 atom stereocenters. The van der Waals surface area contributed by atoms with Crippen molar-refractivity contribution in [1.82, 2.24) is 0 Å². The van der Waals surface area contributed by atoms with Gasteiger partial charge in [-0.25, -0.2) is 8.42 Å². The van der Waals surface area contributed by atoms with Gasteiger partial charge < -0.3 is 0 Å². The molecule has 2 aliphatic carbocycles. The number of sulfone groups is 1. The van der Waals surface area contributed by atoms with Gasteiger partial charge in [0.05, 0.1) is 11.5 Å². The van der Waals surface area contributed by atoms with E-state index < -0.39 is 15.1 Å². The molecule has 0 spiro atoms. The van der Waals surface area contributed by atoms with Gasteiger partial charge in [0.2, 0.25) is 0 Å². The second-order valence-electron chi connectivity index (χ2n) is 4.54. The molecule has 1 aromatic rings. The molecule has 2 aliphatic rings. The molecule has 0 aromatic heterocycles. The Morgan fingerprint density at radius 1 is 1.24 bits per heavy atom. The molecular formula is C14H14O2S. The van der Waals surface area contributed by atoms with Crippen LogP contribution < -0.4 is 0 Å². The minimum absolute atomic E-state index is 0.0472. The first kappa shape index (κ1) is 9.66. The van der Waals surface area contributed by atoms with Gasteiger partial charge in [0.15, 0.2) is 9.84 Å². The first-order valence-corrected chi connectivity index (χ1v) is 7.13.